The van der Waals surface area contributed by atoms with Crippen LogP contribution in [0.4, 0.5) is 0 Å². The highest BCUT2D eigenvalue weighted by atomic mass is 16.5. The van der Waals surface area contributed by atoms with Crippen LogP contribution in [0.25, 0.3) is 11.1 Å². The average molecular weight is 520 g/mol. The van der Waals surface area contributed by atoms with E-state index in [2.05, 4.69) is 5.32 Å². The number of aromatic carboxylic acids is 1. The van der Waals surface area contributed by atoms with E-state index in [1.54, 1.807) is 49.4 Å². The molecule has 1 aliphatic rings. The van der Waals surface area contributed by atoms with Gasteiger partial charge in [-0.05, 0) is 60.0 Å². The zero-order valence-electron chi connectivity index (χ0n) is 20.8. The van der Waals surface area contributed by atoms with E-state index in [-0.39, 0.29) is 29.6 Å². The summed E-state index contributed by atoms with van der Waals surface area (Å²) < 4.78 is 5.58. The number of phenols is 2. The van der Waals surface area contributed by atoms with Crippen molar-refractivity contribution in [2.75, 3.05) is 19.8 Å². The number of carbonyl (C=O) groups is 3. The summed E-state index contributed by atoms with van der Waals surface area (Å²) in [6.45, 7) is 3.35. The number of phenolic OH excluding ortho intramolecular Hbond substituents is 1. The number of carbonyl (C=O) groups excluding carboxylic acids is 2. The van der Waals surface area contributed by atoms with E-state index >= 15 is 0 Å². The molecule has 1 fully saturated rings. The van der Waals surface area contributed by atoms with Gasteiger partial charge in [0.05, 0.1) is 19.3 Å². The number of rotatable bonds is 8. The number of nitrogens with two attached hydrogens (primary N) is 1. The molecule has 1 saturated heterocycles. The smallest absolute Gasteiger partial charge is 0.339 e. The van der Waals surface area contributed by atoms with Crippen LogP contribution in [0.15, 0.2) is 60.7 Å². The van der Waals surface area contributed by atoms with Crippen molar-refractivity contribution in [1.82, 2.24) is 10.2 Å². The number of benzene rings is 3. The van der Waals surface area contributed by atoms with Gasteiger partial charge in [-0.25, -0.2) is 4.79 Å². The van der Waals surface area contributed by atoms with Gasteiger partial charge in [-0.15, -0.1) is 0 Å². The largest absolute Gasteiger partial charge is 0.507 e. The molecule has 2 amide bonds. The first-order valence-electron chi connectivity index (χ1n) is 12.0. The summed E-state index contributed by atoms with van der Waals surface area (Å²) in [5.74, 6) is -2.32. The zero-order valence-corrected chi connectivity index (χ0v) is 20.8. The highest BCUT2D eigenvalue weighted by molar-refractivity contribution is 5.93. The molecule has 198 valence electrons. The Labute approximate surface area is 219 Å². The molecule has 3 aromatic carbocycles. The fraction of sp³-hybridized carbons (Fsp3) is 0.250. The minimum absolute atomic E-state index is 0.0860. The van der Waals surface area contributed by atoms with Gasteiger partial charge in [-0.3, -0.25) is 14.5 Å². The zero-order chi connectivity index (χ0) is 27.4. The Hall–Kier alpha value is -4.41. The first-order valence-corrected chi connectivity index (χ1v) is 12.0. The molecule has 2 atom stereocenters. The third-order valence-electron chi connectivity index (χ3n) is 6.58. The minimum atomic E-state index is -1.24. The molecule has 0 unspecified atom stereocenters. The number of ether oxygens (including phenoxy) is 1. The molecule has 0 aliphatic carbocycles. The summed E-state index contributed by atoms with van der Waals surface area (Å²) in [5.41, 5.74) is 8.22. The van der Waals surface area contributed by atoms with Gasteiger partial charge in [0.15, 0.2) is 0 Å². The molecular weight excluding hydrogens is 490 g/mol. The molecule has 10 heteroatoms. The molecule has 1 aliphatic heterocycles. The highest BCUT2D eigenvalue weighted by Crippen LogP contribution is 2.31. The van der Waals surface area contributed by atoms with E-state index in [9.17, 15) is 24.6 Å². The summed E-state index contributed by atoms with van der Waals surface area (Å²) in [6, 6.07) is 15.0. The van der Waals surface area contributed by atoms with Crippen molar-refractivity contribution in [3.8, 4) is 22.6 Å². The molecule has 0 spiro atoms. The number of nitrogens with one attached hydrogen (secondary N) is 1. The van der Waals surface area contributed by atoms with Crippen molar-refractivity contribution in [2.24, 2.45) is 5.73 Å². The summed E-state index contributed by atoms with van der Waals surface area (Å²) in [5, 5.41) is 32.5. The Bertz CT molecular complexity index is 1360. The molecule has 1 heterocycles. The van der Waals surface area contributed by atoms with E-state index < -0.39 is 24.0 Å². The van der Waals surface area contributed by atoms with Crippen LogP contribution in [-0.4, -0.2) is 63.8 Å². The van der Waals surface area contributed by atoms with Crippen LogP contribution in [0.3, 0.4) is 0 Å². The maximum Gasteiger partial charge on any atom is 0.339 e. The van der Waals surface area contributed by atoms with E-state index in [1.807, 2.05) is 11.0 Å². The number of primary amides is 1. The van der Waals surface area contributed by atoms with Crippen molar-refractivity contribution in [3.63, 3.8) is 0 Å². The number of aromatic hydroxyl groups is 2. The van der Waals surface area contributed by atoms with E-state index in [4.69, 9.17) is 15.6 Å². The molecular formula is C28H29N3O7. The molecule has 0 aromatic heterocycles. The average Bonchev–Trinajstić information content (AvgIpc) is 2.89. The topological polar surface area (TPSA) is 162 Å². The maximum atomic E-state index is 13.2. The van der Waals surface area contributed by atoms with Crippen LogP contribution in [0.2, 0.25) is 0 Å². The van der Waals surface area contributed by atoms with Gasteiger partial charge in [-0.1, -0.05) is 24.3 Å². The monoisotopic (exact) mass is 519 g/mol. The number of carboxylic acid groups (broad SMARTS) is 1. The SMILES string of the molecule is C[C@H](NC(=O)[C@H]1COCCN1Cc1ccc(O)c(-c2ccc(C(N)=O)cc2)c1)c1ccc(C(=O)O)c(O)c1. The number of morpholine rings is 1. The number of amides is 2. The molecule has 0 radical (unpaired) electrons. The van der Waals surface area contributed by atoms with Crippen LogP contribution in [0.1, 0.15) is 44.8 Å². The third kappa shape index (κ3) is 5.93. The summed E-state index contributed by atoms with van der Waals surface area (Å²) in [6.07, 6.45) is 0. The number of hydrogen-bond acceptors (Lipinski definition) is 7. The van der Waals surface area contributed by atoms with Gasteiger partial charge >= 0.3 is 5.97 Å². The number of carboxylic acids is 1. The van der Waals surface area contributed by atoms with Crippen LogP contribution >= 0.6 is 0 Å². The Morgan fingerprint density at radius 2 is 1.79 bits per heavy atom. The lowest BCUT2D eigenvalue weighted by Crippen LogP contribution is -2.53. The third-order valence-corrected chi connectivity index (χ3v) is 6.58. The Balaban J connectivity index is 1.48. The van der Waals surface area contributed by atoms with Gasteiger partial charge in [0.25, 0.3) is 0 Å². The quantitative estimate of drug-likeness (QED) is 0.303. The number of hydrogen-bond donors (Lipinski definition) is 5. The van der Waals surface area contributed by atoms with Crippen LogP contribution < -0.4 is 11.1 Å². The Kier molecular flexibility index (Phi) is 7.94. The summed E-state index contributed by atoms with van der Waals surface area (Å²) >= 11 is 0. The predicted molar refractivity (Wildman–Crippen MR) is 139 cm³/mol. The van der Waals surface area contributed by atoms with E-state index in [0.29, 0.717) is 36.4 Å². The second-order valence-corrected chi connectivity index (χ2v) is 9.17. The lowest BCUT2D eigenvalue weighted by atomic mass is 10.00. The predicted octanol–water partition coefficient (Wildman–Crippen LogP) is 2.64. The Morgan fingerprint density at radius 1 is 1.05 bits per heavy atom. The van der Waals surface area contributed by atoms with Crippen LogP contribution in [0, 0.1) is 0 Å². The van der Waals surface area contributed by atoms with E-state index in [1.165, 1.54) is 12.1 Å². The lowest BCUT2D eigenvalue weighted by molar-refractivity contribution is -0.133. The molecule has 6 N–H and O–H groups in total. The van der Waals surface area contributed by atoms with Crippen LogP contribution in [0.5, 0.6) is 11.5 Å². The molecule has 0 bridgehead atoms. The molecule has 3 aromatic rings. The van der Waals surface area contributed by atoms with Crippen molar-refractivity contribution in [1.29, 1.82) is 0 Å². The van der Waals surface area contributed by atoms with Crippen molar-refractivity contribution in [3.05, 3.63) is 82.9 Å². The number of nitrogens with zero attached hydrogens (tertiary/aromatic N) is 1. The maximum absolute atomic E-state index is 13.2. The summed E-state index contributed by atoms with van der Waals surface area (Å²) in [7, 11) is 0. The second-order valence-electron chi connectivity index (χ2n) is 9.17. The van der Waals surface area contributed by atoms with Gasteiger partial charge in [-0.2, -0.15) is 0 Å². The first kappa shape index (κ1) is 26.6. The lowest BCUT2D eigenvalue weighted by Gasteiger charge is -2.35. The highest BCUT2D eigenvalue weighted by Gasteiger charge is 2.30. The molecule has 0 saturated carbocycles. The van der Waals surface area contributed by atoms with Gasteiger partial charge in [0.1, 0.15) is 23.1 Å². The molecule has 10 nitrogen and oxygen atoms in total. The standard InChI is InChI=1S/C28H29N3O7/c1-16(20-7-8-21(28(36)37)25(33)13-20)30-27(35)23-15-38-11-10-31(23)14-17-2-9-24(32)22(12-17)18-3-5-19(6-4-18)26(29)34/h2-9,12-13,16,23,32-33H,10-11,14-15H2,1H3,(H2,29,34)(H,30,35)(H,36,37)/t16-,23+/m0/s1. The van der Waals surface area contributed by atoms with Gasteiger partial charge < -0.3 is 31.1 Å². The summed E-state index contributed by atoms with van der Waals surface area (Å²) in [4.78, 5) is 37.7. The minimum Gasteiger partial charge on any atom is -0.507 e. The Morgan fingerprint density at radius 3 is 2.45 bits per heavy atom. The van der Waals surface area contributed by atoms with Crippen LogP contribution in [-0.2, 0) is 16.1 Å². The normalized spacial score (nSPS) is 16.5. The van der Waals surface area contributed by atoms with Gasteiger partial charge in [0.2, 0.25) is 11.8 Å². The van der Waals surface area contributed by atoms with E-state index in [0.717, 1.165) is 11.1 Å². The first-order chi connectivity index (χ1) is 18.1. The van der Waals surface area contributed by atoms with Crippen molar-refractivity contribution in [2.45, 2.75) is 25.6 Å². The molecule has 4 rings (SSSR count). The fourth-order valence-corrected chi connectivity index (χ4v) is 4.42. The van der Waals surface area contributed by atoms with Crippen molar-refractivity contribution < 1.29 is 34.4 Å². The second kappa shape index (κ2) is 11.3. The van der Waals surface area contributed by atoms with Gasteiger partial charge in [0, 0.05) is 24.2 Å². The van der Waals surface area contributed by atoms with Crippen molar-refractivity contribution >= 4 is 17.8 Å². The fourth-order valence-electron chi connectivity index (χ4n) is 4.42. The molecule has 38 heavy (non-hydrogen) atoms.